The lowest BCUT2D eigenvalue weighted by molar-refractivity contribution is -0.137. The van der Waals surface area contributed by atoms with Crippen LogP contribution in [0.3, 0.4) is 0 Å². The lowest BCUT2D eigenvalue weighted by atomic mass is 9.99. The number of benzene rings is 2. The highest BCUT2D eigenvalue weighted by Crippen LogP contribution is 2.42. The van der Waals surface area contributed by atoms with E-state index in [1.165, 1.54) is 41.6 Å². The van der Waals surface area contributed by atoms with Gasteiger partial charge in [0, 0.05) is 11.4 Å². The zero-order valence-electron chi connectivity index (χ0n) is 20.2. The van der Waals surface area contributed by atoms with Crippen molar-refractivity contribution in [2.24, 2.45) is 5.92 Å². The fraction of sp³-hybridized carbons (Fsp3) is 0.407. The molecule has 0 radical (unpaired) electrons. The molecule has 9 heteroatoms. The molecule has 1 fully saturated rings. The number of carbonyl (C=O) groups is 2. The normalized spacial score (nSPS) is 18.4. The number of hydrogen-bond donors (Lipinski definition) is 1. The number of likely N-dealkylation sites (tertiary alicyclic amines) is 1. The van der Waals surface area contributed by atoms with Gasteiger partial charge in [-0.3, -0.25) is 14.5 Å². The summed E-state index contributed by atoms with van der Waals surface area (Å²) in [6.45, 7) is 5.83. The highest BCUT2D eigenvalue weighted by molar-refractivity contribution is 8.04. The quantitative estimate of drug-likeness (QED) is 0.394. The number of nitrogens with one attached hydrogen (secondary N) is 1. The molecule has 0 spiro atoms. The van der Waals surface area contributed by atoms with E-state index < -0.39 is 11.7 Å². The molecule has 0 saturated carbocycles. The Balaban J connectivity index is 1.39. The van der Waals surface area contributed by atoms with E-state index in [2.05, 4.69) is 17.1 Å². The maximum atomic E-state index is 13.3. The van der Waals surface area contributed by atoms with Crippen LogP contribution in [-0.2, 0) is 15.8 Å². The first-order valence-electron chi connectivity index (χ1n) is 12.2. The number of alkyl halides is 3. The van der Waals surface area contributed by atoms with Crippen molar-refractivity contribution >= 4 is 35.3 Å². The summed E-state index contributed by atoms with van der Waals surface area (Å²) in [4.78, 5) is 31.0. The van der Waals surface area contributed by atoms with Gasteiger partial charge in [-0.1, -0.05) is 43.0 Å². The number of hydrogen-bond acceptors (Lipinski definition) is 4. The first kappa shape index (κ1) is 26.3. The van der Waals surface area contributed by atoms with Gasteiger partial charge in [0.15, 0.2) is 0 Å². The van der Waals surface area contributed by atoms with Gasteiger partial charge in [0.05, 0.1) is 16.2 Å². The Hall–Kier alpha value is -2.78. The Morgan fingerprint density at radius 2 is 1.81 bits per heavy atom. The molecule has 2 aromatic rings. The van der Waals surface area contributed by atoms with E-state index in [1.807, 2.05) is 18.2 Å². The SMILES string of the molecule is CC1CCN(CCCNC(=O)CN2C(=O)C(=Cc3ccc(C(F)(F)F)cc3)Sc3ccccc32)CC1. The number of thioether (sulfide) groups is 1. The smallest absolute Gasteiger partial charge is 0.355 e. The molecule has 0 aliphatic carbocycles. The Morgan fingerprint density at radius 3 is 2.50 bits per heavy atom. The molecule has 2 aliphatic rings. The fourth-order valence-electron chi connectivity index (χ4n) is 4.35. The highest BCUT2D eigenvalue weighted by atomic mass is 32.2. The molecule has 2 heterocycles. The molecule has 4 rings (SSSR count). The second kappa shape index (κ2) is 11.5. The zero-order chi connectivity index (χ0) is 25.7. The minimum Gasteiger partial charge on any atom is -0.355 e. The molecule has 1 N–H and O–H groups in total. The van der Waals surface area contributed by atoms with Gasteiger partial charge in [-0.2, -0.15) is 13.2 Å². The summed E-state index contributed by atoms with van der Waals surface area (Å²) < 4.78 is 38.6. The Morgan fingerprint density at radius 1 is 1.11 bits per heavy atom. The summed E-state index contributed by atoms with van der Waals surface area (Å²) >= 11 is 1.25. The number of piperidine rings is 1. The van der Waals surface area contributed by atoms with Crippen molar-refractivity contribution in [1.29, 1.82) is 0 Å². The largest absolute Gasteiger partial charge is 0.416 e. The minimum atomic E-state index is -4.42. The summed E-state index contributed by atoms with van der Waals surface area (Å²) in [5.41, 5.74) is 0.384. The minimum absolute atomic E-state index is 0.123. The number of amides is 2. The molecule has 192 valence electrons. The van der Waals surface area contributed by atoms with Crippen molar-refractivity contribution in [2.75, 3.05) is 37.6 Å². The molecule has 5 nitrogen and oxygen atoms in total. The number of anilines is 1. The van der Waals surface area contributed by atoms with Gasteiger partial charge in [-0.15, -0.1) is 0 Å². The molecule has 0 bridgehead atoms. The second-order valence-electron chi connectivity index (χ2n) is 9.32. The van der Waals surface area contributed by atoms with Crippen molar-refractivity contribution in [2.45, 2.75) is 37.3 Å². The number of para-hydroxylation sites is 1. The van der Waals surface area contributed by atoms with Crippen LogP contribution in [0.15, 0.2) is 58.3 Å². The predicted molar refractivity (Wildman–Crippen MR) is 137 cm³/mol. The van der Waals surface area contributed by atoms with Crippen LogP contribution in [0.25, 0.3) is 6.08 Å². The lowest BCUT2D eigenvalue weighted by Crippen LogP contribution is -2.43. The molecule has 2 aliphatic heterocycles. The van der Waals surface area contributed by atoms with Crippen molar-refractivity contribution in [3.05, 3.63) is 64.6 Å². The summed E-state index contributed by atoms with van der Waals surface area (Å²) in [6, 6.07) is 12.0. The average Bonchev–Trinajstić information content (AvgIpc) is 2.85. The third-order valence-corrected chi connectivity index (χ3v) is 7.60. The Labute approximate surface area is 213 Å². The summed E-state index contributed by atoms with van der Waals surface area (Å²) in [6.07, 6.45) is 0.413. The average molecular weight is 518 g/mol. The van der Waals surface area contributed by atoms with Crippen LogP contribution in [-0.4, -0.2) is 49.4 Å². The molecule has 36 heavy (non-hydrogen) atoms. The fourth-order valence-corrected chi connectivity index (χ4v) is 5.41. The first-order valence-corrected chi connectivity index (χ1v) is 13.0. The summed E-state index contributed by atoms with van der Waals surface area (Å²) in [5, 5.41) is 2.92. The molecular weight excluding hydrogens is 487 g/mol. The van der Waals surface area contributed by atoms with Gasteiger partial charge in [0.25, 0.3) is 5.91 Å². The van der Waals surface area contributed by atoms with Crippen LogP contribution in [0, 0.1) is 5.92 Å². The van der Waals surface area contributed by atoms with E-state index in [0.717, 1.165) is 49.0 Å². The summed E-state index contributed by atoms with van der Waals surface area (Å²) in [7, 11) is 0. The third kappa shape index (κ3) is 6.70. The Kier molecular flexibility index (Phi) is 8.41. The van der Waals surface area contributed by atoms with Gasteiger partial charge in [0.2, 0.25) is 5.91 Å². The number of nitrogens with zero attached hydrogens (tertiary/aromatic N) is 2. The highest BCUT2D eigenvalue weighted by Gasteiger charge is 2.31. The van der Waals surface area contributed by atoms with E-state index in [1.54, 1.807) is 12.1 Å². The van der Waals surface area contributed by atoms with E-state index in [0.29, 0.717) is 22.7 Å². The standard InChI is InChI=1S/C27H30F3N3O2S/c1-19-11-15-32(16-12-19)14-4-13-31-25(34)18-33-22-5-2-3-6-23(22)36-24(26(33)35)17-20-7-9-21(10-8-20)27(28,29)30/h2-3,5-10,17,19H,4,11-16,18H2,1H3,(H,31,34). The van der Waals surface area contributed by atoms with E-state index in [-0.39, 0.29) is 18.4 Å². The maximum absolute atomic E-state index is 13.3. The zero-order valence-corrected chi connectivity index (χ0v) is 21.0. The van der Waals surface area contributed by atoms with Gasteiger partial charge >= 0.3 is 6.18 Å². The third-order valence-electron chi connectivity index (χ3n) is 6.52. The first-order chi connectivity index (χ1) is 17.2. The van der Waals surface area contributed by atoms with Crippen LogP contribution in [0.4, 0.5) is 18.9 Å². The van der Waals surface area contributed by atoms with Crippen LogP contribution in [0.5, 0.6) is 0 Å². The van der Waals surface area contributed by atoms with Gasteiger partial charge in [-0.25, -0.2) is 0 Å². The molecular formula is C27H30F3N3O2S. The van der Waals surface area contributed by atoms with Crippen LogP contribution in [0.1, 0.15) is 37.3 Å². The summed E-state index contributed by atoms with van der Waals surface area (Å²) in [5.74, 6) is 0.185. The van der Waals surface area contributed by atoms with Crippen molar-refractivity contribution in [1.82, 2.24) is 10.2 Å². The van der Waals surface area contributed by atoms with E-state index in [4.69, 9.17) is 0 Å². The van der Waals surface area contributed by atoms with Crippen LogP contribution >= 0.6 is 11.8 Å². The maximum Gasteiger partial charge on any atom is 0.416 e. The van der Waals surface area contributed by atoms with Crippen LogP contribution < -0.4 is 10.2 Å². The molecule has 2 amide bonds. The van der Waals surface area contributed by atoms with Gasteiger partial charge in [0.1, 0.15) is 6.54 Å². The molecule has 1 saturated heterocycles. The van der Waals surface area contributed by atoms with E-state index >= 15 is 0 Å². The monoisotopic (exact) mass is 517 g/mol. The predicted octanol–water partition coefficient (Wildman–Crippen LogP) is 5.42. The second-order valence-corrected chi connectivity index (χ2v) is 10.4. The lowest BCUT2D eigenvalue weighted by Gasteiger charge is -2.30. The molecule has 2 aromatic carbocycles. The number of carbonyl (C=O) groups excluding carboxylic acids is 2. The Bertz CT molecular complexity index is 1110. The molecule has 0 unspecified atom stereocenters. The van der Waals surface area contributed by atoms with Gasteiger partial charge < -0.3 is 10.2 Å². The van der Waals surface area contributed by atoms with Crippen molar-refractivity contribution < 1.29 is 22.8 Å². The van der Waals surface area contributed by atoms with Gasteiger partial charge in [-0.05, 0) is 80.7 Å². The molecule has 0 aromatic heterocycles. The molecule has 0 atom stereocenters. The van der Waals surface area contributed by atoms with E-state index in [9.17, 15) is 22.8 Å². The topological polar surface area (TPSA) is 52.7 Å². The van der Waals surface area contributed by atoms with Crippen LogP contribution in [0.2, 0.25) is 0 Å². The number of rotatable bonds is 7. The number of fused-ring (bicyclic) bond motifs is 1. The van der Waals surface area contributed by atoms with Crippen molar-refractivity contribution in [3.8, 4) is 0 Å². The number of halogens is 3. The van der Waals surface area contributed by atoms with Crippen molar-refractivity contribution in [3.63, 3.8) is 0 Å².